The predicted octanol–water partition coefficient (Wildman–Crippen LogP) is 6.04. The molecule has 2 aromatic carbocycles. The number of ether oxygens (including phenoxy) is 1. The number of nitrogens with one attached hydrogen (secondary N) is 1. The third-order valence-electron chi connectivity index (χ3n) is 7.68. The van der Waals surface area contributed by atoms with Crippen LogP contribution in [0.5, 0.6) is 5.75 Å². The molecule has 3 heterocycles. The van der Waals surface area contributed by atoms with E-state index in [0.29, 0.717) is 29.4 Å². The van der Waals surface area contributed by atoms with Gasteiger partial charge in [-0.15, -0.1) is 0 Å². The Labute approximate surface area is 258 Å². The fourth-order valence-corrected chi connectivity index (χ4v) is 6.58. The van der Waals surface area contributed by atoms with E-state index >= 15 is 0 Å². The summed E-state index contributed by atoms with van der Waals surface area (Å²) in [6.45, 7) is 8.53. The Kier molecular flexibility index (Phi) is 8.87. The molecule has 11 heteroatoms. The van der Waals surface area contributed by atoms with Crippen LogP contribution in [-0.2, 0) is 10.0 Å². The molecule has 1 amide bonds. The molecular formula is C33H38FN5O4S. The molecule has 3 atom stereocenters. The van der Waals surface area contributed by atoms with Crippen molar-refractivity contribution in [2.75, 3.05) is 17.2 Å². The first-order chi connectivity index (χ1) is 20.9. The topological polar surface area (TPSA) is 128 Å². The molecule has 1 saturated heterocycles. The van der Waals surface area contributed by atoms with Gasteiger partial charge in [0.15, 0.2) is 5.03 Å². The highest BCUT2D eigenvalue weighted by atomic mass is 32.2. The van der Waals surface area contributed by atoms with E-state index in [0.717, 1.165) is 12.0 Å². The smallest absolute Gasteiger partial charge is 0.281 e. The Morgan fingerprint density at radius 3 is 2.52 bits per heavy atom. The van der Waals surface area contributed by atoms with Gasteiger partial charge in [-0.25, -0.2) is 19.1 Å². The third kappa shape index (κ3) is 6.67. The van der Waals surface area contributed by atoms with Gasteiger partial charge >= 0.3 is 0 Å². The number of nitrogen functional groups attached to an aromatic ring is 1. The van der Waals surface area contributed by atoms with Crippen LogP contribution in [0.1, 0.15) is 57.4 Å². The number of halogens is 1. The quantitative estimate of drug-likeness (QED) is 0.232. The van der Waals surface area contributed by atoms with Gasteiger partial charge in [0.25, 0.3) is 15.9 Å². The molecule has 3 N–H and O–H groups in total. The van der Waals surface area contributed by atoms with Crippen LogP contribution in [-0.4, -0.2) is 43.0 Å². The molecule has 2 aromatic heterocycles. The van der Waals surface area contributed by atoms with Crippen molar-refractivity contribution in [1.82, 2.24) is 14.7 Å². The number of hydrogen-bond donors (Lipinski definition) is 2. The van der Waals surface area contributed by atoms with E-state index in [4.69, 9.17) is 15.5 Å². The largest absolute Gasteiger partial charge is 0.493 e. The normalized spacial score (nSPS) is 18.4. The lowest BCUT2D eigenvalue weighted by Gasteiger charge is -2.31. The maximum atomic E-state index is 14.7. The van der Waals surface area contributed by atoms with Gasteiger partial charge in [0, 0.05) is 31.1 Å². The van der Waals surface area contributed by atoms with Gasteiger partial charge in [0.2, 0.25) is 0 Å². The average Bonchev–Trinajstić information content (AvgIpc) is 3.29. The van der Waals surface area contributed by atoms with Crippen molar-refractivity contribution in [2.24, 2.45) is 5.92 Å². The van der Waals surface area contributed by atoms with Crippen LogP contribution in [0.25, 0.3) is 11.3 Å². The molecule has 3 unspecified atom stereocenters. The number of hydrogen-bond acceptors (Lipinski definition) is 8. The molecule has 1 fully saturated rings. The van der Waals surface area contributed by atoms with Crippen LogP contribution in [0.15, 0.2) is 83.9 Å². The number of pyridine rings is 2. The van der Waals surface area contributed by atoms with Gasteiger partial charge in [-0.05, 0) is 68.1 Å². The number of benzene rings is 2. The summed E-state index contributed by atoms with van der Waals surface area (Å²) in [6, 6.07) is 21.6. The average molecular weight is 620 g/mol. The zero-order valence-corrected chi connectivity index (χ0v) is 25.9. The summed E-state index contributed by atoms with van der Waals surface area (Å²) < 4.78 is 48.8. The van der Waals surface area contributed by atoms with Crippen molar-refractivity contribution < 1.29 is 23.8 Å². The second kappa shape index (κ2) is 12.6. The lowest BCUT2D eigenvalue weighted by Crippen LogP contribution is -2.38. The molecular weight excluding hydrogens is 581 g/mol. The highest BCUT2D eigenvalue weighted by molar-refractivity contribution is 7.90. The first kappa shape index (κ1) is 30.9. The van der Waals surface area contributed by atoms with E-state index in [2.05, 4.69) is 28.8 Å². The van der Waals surface area contributed by atoms with Crippen molar-refractivity contribution in [3.63, 3.8) is 0 Å². The Hall–Kier alpha value is -4.51. The summed E-state index contributed by atoms with van der Waals surface area (Å²) >= 11 is 0. The van der Waals surface area contributed by atoms with Gasteiger partial charge < -0.3 is 15.4 Å². The fraction of sp³-hybridized carbons (Fsp3) is 0.303. The molecule has 9 nitrogen and oxygen atoms in total. The number of sulfonamides is 1. The second-order valence-electron chi connectivity index (χ2n) is 11.5. The van der Waals surface area contributed by atoms with Crippen molar-refractivity contribution >= 4 is 27.6 Å². The molecule has 0 bridgehead atoms. The Morgan fingerprint density at radius 2 is 1.82 bits per heavy atom. The van der Waals surface area contributed by atoms with Crippen molar-refractivity contribution in [3.05, 3.63) is 95.8 Å². The van der Waals surface area contributed by atoms with Crippen molar-refractivity contribution in [3.8, 4) is 17.0 Å². The third-order valence-corrected chi connectivity index (χ3v) is 8.91. The fourth-order valence-electron chi connectivity index (χ4n) is 5.64. The van der Waals surface area contributed by atoms with Crippen LogP contribution < -0.4 is 20.1 Å². The first-order valence-electron chi connectivity index (χ1n) is 14.5. The molecule has 5 rings (SSSR count). The van der Waals surface area contributed by atoms with E-state index in [9.17, 15) is 17.6 Å². The molecule has 44 heavy (non-hydrogen) atoms. The standard InChI is InChI=1S/C33H36FN5O4S.H2/c1-20(2)19-43-26-17-24(16-25(34)18-26)29-14-13-27(33(40)38-44(41,42)31-12-8-11-30(35)37-31)32(36-29)39-21(3)15-28(22(39)4)23-9-6-5-7-10-23;/h5-14,16-18,20-22,28H,15,19H2,1-4H3,(H2,35,37)(H,38,40);1H. The number of aromatic nitrogens is 2. The molecule has 1 aliphatic rings. The number of carbonyl (C=O) groups is 1. The number of rotatable bonds is 9. The van der Waals surface area contributed by atoms with E-state index in [1.807, 2.05) is 43.9 Å². The minimum atomic E-state index is -4.34. The number of nitrogens with zero attached hydrogens (tertiary/aromatic N) is 3. The Bertz CT molecular complexity index is 1770. The summed E-state index contributed by atoms with van der Waals surface area (Å²) in [4.78, 5) is 24.4. The minimum absolute atomic E-state index is 0. The van der Waals surface area contributed by atoms with Crippen LogP contribution in [0, 0.1) is 11.7 Å². The maximum Gasteiger partial charge on any atom is 0.281 e. The predicted molar refractivity (Wildman–Crippen MR) is 171 cm³/mol. The minimum Gasteiger partial charge on any atom is -0.493 e. The molecule has 0 spiro atoms. The summed E-state index contributed by atoms with van der Waals surface area (Å²) in [5.41, 5.74) is 7.77. The number of carbonyl (C=O) groups excluding carboxylic acids is 1. The lowest BCUT2D eigenvalue weighted by molar-refractivity contribution is 0.0981. The molecule has 4 aromatic rings. The Balaban J connectivity index is 0.00000461. The monoisotopic (exact) mass is 619 g/mol. The summed E-state index contributed by atoms with van der Waals surface area (Å²) in [6.07, 6.45) is 0.789. The molecule has 1 aliphatic heterocycles. The Morgan fingerprint density at radius 1 is 1.07 bits per heavy atom. The van der Waals surface area contributed by atoms with Crippen LogP contribution >= 0.6 is 0 Å². The molecule has 232 valence electrons. The summed E-state index contributed by atoms with van der Waals surface area (Å²) in [5, 5.41) is -0.377. The first-order valence-corrected chi connectivity index (χ1v) is 16.0. The van der Waals surface area contributed by atoms with Crippen LogP contribution in [0.2, 0.25) is 0 Å². The second-order valence-corrected chi connectivity index (χ2v) is 13.2. The van der Waals surface area contributed by atoms with E-state index in [1.54, 1.807) is 12.1 Å². The van der Waals surface area contributed by atoms with Crippen molar-refractivity contribution in [1.29, 1.82) is 0 Å². The van der Waals surface area contributed by atoms with E-state index < -0.39 is 21.7 Å². The lowest BCUT2D eigenvalue weighted by atomic mass is 9.92. The highest BCUT2D eigenvalue weighted by Gasteiger charge is 2.40. The van der Waals surface area contributed by atoms with Gasteiger partial charge in [-0.2, -0.15) is 8.42 Å². The summed E-state index contributed by atoms with van der Waals surface area (Å²) in [5.74, 6) is -0.303. The molecule has 0 aliphatic carbocycles. The van der Waals surface area contributed by atoms with Gasteiger partial charge in [0.1, 0.15) is 23.2 Å². The summed E-state index contributed by atoms with van der Waals surface area (Å²) in [7, 11) is -4.34. The van der Waals surface area contributed by atoms with Gasteiger partial charge in [0.05, 0.1) is 17.9 Å². The van der Waals surface area contributed by atoms with Gasteiger partial charge in [-0.3, -0.25) is 4.79 Å². The van der Waals surface area contributed by atoms with Crippen LogP contribution in [0.4, 0.5) is 16.0 Å². The molecule has 0 radical (unpaired) electrons. The zero-order valence-electron chi connectivity index (χ0n) is 25.1. The highest BCUT2D eigenvalue weighted by Crippen LogP contribution is 2.41. The SMILES string of the molecule is CC(C)COc1cc(F)cc(-c2ccc(C(=O)NS(=O)(=O)c3cccc(N)n3)c(N3C(C)CC(c4ccccc4)C3C)n2)c1.[HH]. The van der Waals surface area contributed by atoms with Crippen molar-refractivity contribution in [2.45, 2.75) is 57.1 Å². The number of anilines is 2. The zero-order chi connectivity index (χ0) is 31.6. The number of nitrogens with two attached hydrogens (primary N) is 1. The van der Waals surface area contributed by atoms with Crippen LogP contribution in [0.3, 0.4) is 0 Å². The van der Waals surface area contributed by atoms with E-state index in [1.165, 1.54) is 36.4 Å². The molecule has 0 saturated carbocycles. The van der Waals surface area contributed by atoms with Gasteiger partial charge in [-0.1, -0.05) is 50.2 Å². The maximum absolute atomic E-state index is 14.7. The van der Waals surface area contributed by atoms with E-state index in [-0.39, 0.29) is 41.8 Å². The number of amides is 1.